The highest BCUT2D eigenvalue weighted by Gasteiger charge is 2.11. The van der Waals surface area contributed by atoms with Gasteiger partial charge in [0.15, 0.2) is 11.6 Å². The van der Waals surface area contributed by atoms with E-state index in [0.29, 0.717) is 13.1 Å². The lowest BCUT2D eigenvalue weighted by molar-refractivity contribution is 0.510. The number of anilines is 2. The third kappa shape index (κ3) is 2.58. The Hall–Kier alpha value is -2.11. The molecule has 0 saturated carbocycles. The van der Waals surface area contributed by atoms with Gasteiger partial charge in [0.2, 0.25) is 0 Å². The monoisotopic (exact) mass is 252 g/mol. The first kappa shape index (κ1) is 12.3. The van der Waals surface area contributed by atoms with E-state index in [1.165, 1.54) is 6.07 Å². The van der Waals surface area contributed by atoms with Crippen molar-refractivity contribution in [1.82, 2.24) is 9.78 Å². The summed E-state index contributed by atoms with van der Waals surface area (Å²) in [4.78, 5) is 0. The summed E-state index contributed by atoms with van der Waals surface area (Å²) >= 11 is 0. The van der Waals surface area contributed by atoms with Gasteiger partial charge >= 0.3 is 0 Å². The maximum Gasteiger partial charge on any atom is 0.183 e. The number of aromatic nitrogens is 2. The molecule has 0 radical (unpaired) electrons. The van der Waals surface area contributed by atoms with Crippen LogP contribution >= 0.6 is 0 Å². The zero-order chi connectivity index (χ0) is 13.1. The number of rotatable bonds is 4. The largest absolute Gasteiger partial charge is 0.397 e. The molecule has 0 aliphatic carbocycles. The fourth-order valence-corrected chi connectivity index (χ4v) is 1.63. The Bertz CT molecular complexity index is 551. The summed E-state index contributed by atoms with van der Waals surface area (Å²) in [5.74, 6) is -1.87. The predicted molar refractivity (Wildman–Crippen MR) is 66.2 cm³/mol. The number of hydrogen-bond acceptors (Lipinski definition) is 3. The van der Waals surface area contributed by atoms with Crippen molar-refractivity contribution in [2.75, 3.05) is 17.6 Å². The van der Waals surface area contributed by atoms with E-state index in [1.54, 1.807) is 10.9 Å². The summed E-state index contributed by atoms with van der Waals surface area (Å²) in [6, 6.07) is 2.34. The molecule has 2 aromatic rings. The molecule has 0 amide bonds. The number of hydrogen-bond donors (Lipinski definition) is 2. The Balaban J connectivity index is 2.00. The highest BCUT2D eigenvalue weighted by Crippen LogP contribution is 2.24. The molecule has 3 N–H and O–H groups in total. The molecule has 6 heteroatoms. The Labute approximate surface area is 103 Å². The topological polar surface area (TPSA) is 55.9 Å². The van der Waals surface area contributed by atoms with Gasteiger partial charge in [-0.1, -0.05) is 0 Å². The molecule has 0 fully saturated rings. The van der Waals surface area contributed by atoms with Gasteiger partial charge in [-0.05, 0) is 24.6 Å². The normalized spacial score (nSPS) is 10.6. The molecule has 4 nitrogen and oxygen atoms in total. The first-order valence-corrected chi connectivity index (χ1v) is 5.54. The molecular weight excluding hydrogens is 238 g/mol. The molecule has 96 valence electrons. The number of aryl methyl sites for hydroxylation is 1. The summed E-state index contributed by atoms with van der Waals surface area (Å²) in [5, 5.41) is 6.87. The van der Waals surface area contributed by atoms with E-state index in [-0.39, 0.29) is 11.4 Å². The number of nitrogen functional groups attached to an aromatic ring is 1. The zero-order valence-electron chi connectivity index (χ0n) is 9.95. The van der Waals surface area contributed by atoms with Crippen molar-refractivity contribution in [3.8, 4) is 0 Å². The summed E-state index contributed by atoms with van der Waals surface area (Å²) in [7, 11) is 0. The average molecular weight is 252 g/mol. The highest BCUT2D eigenvalue weighted by molar-refractivity contribution is 5.66. The van der Waals surface area contributed by atoms with Gasteiger partial charge in [0.25, 0.3) is 0 Å². The summed E-state index contributed by atoms with van der Waals surface area (Å²) < 4.78 is 28.2. The molecule has 1 aromatic carbocycles. The maximum atomic E-state index is 13.5. The van der Waals surface area contributed by atoms with Gasteiger partial charge in [0, 0.05) is 12.7 Å². The fraction of sp³-hybridized carbons (Fsp3) is 0.250. The predicted octanol–water partition coefficient (Wildman–Crippen LogP) is 2.16. The lowest BCUT2D eigenvalue weighted by Gasteiger charge is -2.10. The molecule has 0 atom stereocenters. The molecule has 0 bridgehead atoms. The third-order valence-electron chi connectivity index (χ3n) is 2.53. The smallest absolute Gasteiger partial charge is 0.183 e. The highest BCUT2D eigenvalue weighted by atomic mass is 19.2. The van der Waals surface area contributed by atoms with Crippen molar-refractivity contribution in [2.24, 2.45) is 0 Å². The Morgan fingerprint density at radius 3 is 2.83 bits per heavy atom. The van der Waals surface area contributed by atoms with Crippen LogP contribution in [0.4, 0.5) is 20.2 Å². The van der Waals surface area contributed by atoms with Crippen LogP contribution in [-0.2, 0) is 6.54 Å². The first-order valence-electron chi connectivity index (χ1n) is 5.54. The van der Waals surface area contributed by atoms with Gasteiger partial charge in [0.05, 0.1) is 24.1 Å². The van der Waals surface area contributed by atoms with E-state index in [1.807, 2.05) is 13.1 Å². The van der Waals surface area contributed by atoms with E-state index in [4.69, 9.17) is 5.73 Å². The zero-order valence-corrected chi connectivity index (χ0v) is 9.95. The van der Waals surface area contributed by atoms with Gasteiger partial charge in [-0.3, -0.25) is 4.68 Å². The van der Waals surface area contributed by atoms with Gasteiger partial charge in [-0.25, -0.2) is 8.78 Å². The van der Waals surface area contributed by atoms with Gasteiger partial charge < -0.3 is 11.1 Å². The minimum Gasteiger partial charge on any atom is -0.397 e. The van der Waals surface area contributed by atoms with Crippen LogP contribution in [0.2, 0.25) is 0 Å². The lowest BCUT2D eigenvalue weighted by atomic mass is 10.2. The minimum absolute atomic E-state index is 0.00104. The van der Waals surface area contributed by atoms with E-state index in [2.05, 4.69) is 10.4 Å². The van der Waals surface area contributed by atoms with Crippen molar-refractivity contribution in [3.63, 3.8) is 0 Å². The van der Waals surface area contributed by atoms with Crippen LogP contribution in [0.15, 0.2) is 24.5 Å². The van der Waals surface area contributed by atoms with E-state index in [9.17, 15) is 8.78 Å². The molecule has 0 saturated heterocycles. The van der Waals surface area contributed by atoms with Crippen molar-refractivity contribution >= 4 is 11.4 Å². The second kappa shape index (κ2) is 5.03. The maximum absolute atomic E-state index is 13.5. The number of nitrogens with zero attached hydrogens (tertiary/aromatic N) is 2. The second-order valence-corrected chi connectivity index (χ2v) is 4.03. The van der Waals surface area contributed by atoms with Crippen molar-refractivity contribution in [3.05, 3.63) is 41.7 Å². The summed E-state index contributed by atoms with van der Waals surface area (Å²) in [5.41, 5.74) is 6.81. The number of nitrogens with one attached hydrogen (secondary N) is 1. The van der Waals surface area contributed by atoms with Crippen LogP contribution in [0.3, 0.4) is 0 Å². The molecular formula is C12H14F2N4. The van der Waals surface area contributed by atoms with Crippen LogP contribution in [-0.4, -0.2) is 16.3 Å². The molecule has 0 spiro atoms. The summed E-state index contributed by atoms with van der Waals surface area (Å²) in [6.45, 7) is 2.89. The van der Waals surface area contributed by atoms with Crippen molar-refractivity contribution < 1.29 is 8.78 Å². The molecule has 0 aliphatic heterocycles. The standard InChI is InChI=1S/C12H14F2N4/c1-8-6-17-18(7-8)5-4-16-12-10(15)3-2-9(13)11(12)14/h2-3,6-7,16H,4-5,15H2,1H3. The third-order valence-corrected chi connectivity index (χ3v) is 2.53. The molecule has 1 heterocycles. The van der Waals surface area contributed by atoms with E-state index < -0.39 is 11.6 Å². The minimum atomic E-state index is -0.952. The van der Waals surface area contributed by atoms with E-state index in [0.717, 1.165) is 11.6 Å². The van der Waals surface area contributed by atoms with Gasteiger partial charge in [0.1, 0.15) is 0 Å². The van der Waals surface area contributed by atoms with Crippen molar-refractivity contribution in [1.29, 1.82) is 0 Å². The number of nitrogens with two attached hydrogens (primary N) is 1. The lowest BCUT2D eigenvalue weighted by Crippen LogP contribution is -2.13. The first-order chi connectivity index (χ1) is 8.58. The second-order valence-electron chi connectivity index (χ2n) is 4.03. The van der Waals surface area contributed by atoms with E-state index >= 15 is 0 Å². The van der Waals surface area contributed by atoms with Crippen LogP contribution in [0.25, 0.3) is 0 Å². The quantitative estimate of drug-likeness (QED) is 0.820. The number of halogens is 2. The number of benzene rings is 1. The molecule has 0 aliphatic rings. The molecule has 0 unspecified atom stereocenters. The SMILES string of the molecule is Cc1cnn(CCNc2c(N)ccc(F)c2F)c1. The summed E-state index contributed by atoms with van der Waals surface area (Å²) in [6.07, 6.45) is 3.60. The Morgan fingerprint density at radius 2 is 2.17 bits per heavy atom. The van der Waals surface area contributed by atoms with Crippen LogP contribution in [0, 0.1) is 18.6 Å². The van der Waals surface area contributed by atoms with Crippen molar-refractivity contribution in [2.45, 2.75) is 13.5 Å². The van der Waals surface area contributed by atoms with Crippen LogP contribution in [0.5, 0.6) is 0 Å². The molecule has 18 heavy (non-hydrogen) atoms. The van der Waals surface area contributed by atoms with Gasteiger partial charge in [-0.15, -0.1) is 0 Å². The average Bonchev–Trinajstić information content (AvgIpc) is 2.74. The molecule has 2 rings (SSSR count). The molecule has 1 aromatic heterocycles. The van der Waals surface area contributed by atoms with Crippen LogP contribution in [0.1, 0.15) is 5.56 Å². The van der Waals surface area contributed by atoms with Crippen LogP contribution < -0.4 is 11.1 Å². The Morgan fingerprint density at radius 1 is 1.39 bits per heavy atom. The Kier molecular flexibility index (Phi) is 3.45. The fourth-order valence-electron chi connectivity index (χ4n) is 1.63. The van der Waals surface area contributed by atoms with Gasteiger partial charge in [-0.2, -0.15) is 5.10 Å².